The van der Waals surface area contributed by atoms with E-state index in [-0.39, 0.29) is 12.1 Å². The second-order valence-electron chi connectivity index (χ2n) is 5.25. The van der Waals surface area contributed by atoms with E-state index >= 15 is 0 Å². The minimum Gasteiger partial charge on any atom is -0.464 e. The van der Waals surface area contributed by atoms with Crippen molar-refractivity contribution < 1.29 is 13.9 Å². The maximum atomic E-state index is 11.8. The predicted molar refractivity (Wildman–Crippen MR) is 78.2 cm³/mol. The van der Waals surface area contributed by atoms with Gasteiger partial charge in [-0.05, 0) is 55.5 Å². The molecule has 3 rings (SSSR count). The van der Waals surface area contributed by atoms with Gasteiger partial charge in [0.25, 0.3) is 0 Å². The number of hydrogen-bond acceptors (Lipinski definition) is 3. The zero-order valence-corrected chi connectivity index (χ0v) is 11.4. The summed E-state index contributed by atoms with van der Waals surface area (Å²) >= 11 is 0. The van der Waals surface area contributed by atoms with Crippen molar-refractivity contribution in [1.29, 1.82) is 0 Å². The van der Waals surface area contributed by atoms with Crippen molar-refractivity contribution in [3.8, 4) is 0 Å². The van der Waals surface area contributed by atoms with Gasteiger partial charge in [-0.3, -0.25) is 0 Å². The second-order valence-corrected chi connectivity index (χ2v) is 5.25. The Kier molecular flexibility index (Phi) is 3.86. The zero-order chi connectivity index (χ0) is 13.8. The Balaban J connectivity index is 1.61. The molecule has 0 aliphatic heterocycles. The summed E-state index contributed by atoms with van der Waals surface area (Å²) in [7, 11) is 0. The lowest BCUT2D eigenvalue weighted by Gasteiger charge is -2.20. The van der Waals surface area contributed by atoms with E-state index in [4.69, 9.17) is 9.15 Å². The molecular weight excluding hydrogens is 252 g/mol. The first-order chi connectivity index (χ1) is 9.81. The van der Waals surface area contributed by atoms with Crippen molar-refractivity contribution in [2.75, 3.05) is 0 Å². The summed E-state index contributed by atoms with van der Waals surface area (Å²) in [6.45, 7) is 0. The molecule has 1 heterocycles. The maximum absolute atomic E-state index is 11.8. The summed E-state index contributed by atoms with van der Waals surface area (Å²) in [5, 5.41) is 1.03. The smallest absolute Gasteiger partial charge is 0.331 e. The average Bonchev–Trinajstić information content (AvgIpc) is 2.93. The van der Waals surface area contributed by atoms with Crippen LogP contribution in [0.1, 0.15) is 37.7 Å². The highest BCUT2D eigenvalue weighted by Crippen LogP contribution is 2.21. The molecule has 20 heavy (non-hydrogen) atoms. The van der Waals surface area contributed by atoms with Crippen LogP contribution in [0.4, 0.5) is 0 Å². The van der Waals surface area contributed by atoms with Gasteiger partial charge in [0.15, 0.2) is 0 Å². The van der Waals surface area contributed by atoms with Crippen molar-refractivity contribution >= 4 is 23.0 Å². The first-order valence-corrected chi connectivity index (χ1v) is 7.17. The van der Waals surface area contributed by atoms with Crippen LogP contribution in [0.2, 0.25) is 0 Å². The van der Waals surface area contributed by atoms with Crippen molar-refractivity contribution in [2.45, 2.75) is 38.2 Å². The lowest BCUT2D eigenvalue weighted by molar-refractivity contribution is -0.144. The standard InChI is InChI=1S/C17H18O3/c18-17(20-15-4-2-1-3-5-15)9-7-13-6-8-16-14(12-13)10-11-19-16/h6-12,15H,1-5H2/b9-7+. The molecule has 2 aromatic rings. The molecule has 1 fully saturated rings. The number of fused-ring (bicyclic) bond motifs is 1. The average molecular weight is 270 g/mol. The predicted octanol–water partition coefficient (Wildman–Crippen LogP) is 4.32. The zero-order valence-electron chi connectivity index (χ0n) is 11.4. The molecule has 3 heteroatoms. The van der Waals surface area contributed by atoms with Crippen LogP contribution in [0.5, 0.6) is 0 Å². The number of carbonyl (C=O) groups excluding carboxylic acids is 1. The van der Waals surface area contributed by atoms with Gasteiger partial charge in [0, 0.05) is 11.5 Å². The third kappa shape index (κ3) is 3.10. The maximum Gasteiger partial charge on any atom is 0.331 e. The minimum absolute atomic E-state index is 0.109. The molecular formula is C17H18O3. The second kappa shape index (κ2) is 5.95. The van der Waals surface area contributed by atoms with Crippen LogP contribution in [0.15, 0.2) is 41.0 Å². The number of carbonyl (C=O) groups is 1. The van der Waals surface area contributed by atoms with Gasteiger partial charge in [-0.1, -0.05) is 12.5 Å². The van der Waals surface area contributed by atoms with Gasteiger partial charge < -0.3 is 9.15 Å². The molecule has 1 aliphatic rings. The normalized spacial score (nSPS) is 16.8. The van der Waals surface area contributed by atoms with Crippen LogP contribution in [0.3, 0.4) is 0 Å². The molecule has 1 aromatic carbocycles. The Labute approximate surface area is 118 Å². The van der Waals surface area contributed by atoms with E-state index in [2.05, 4.69) is 0 Å². The Morgan fingerprint density at radius 1 is 1.20 bits per heavy atom. The number of furan rings is 1. The van der Waals surface area contributed by atoms with Crippen LogP contribution >= 0.6 is 0 Å². The lowest BCUT2D eigenvalue weighted by Crippen LogP contribution is -2.19. The molecule has 0 N–H and O–H groups in total. The fourth-order valence-corrected chi connectivity index (χ4v) is 2.64. The van der Waals surface area contributed by atoms with Crippen molar-refractivity contribution in [2.24, 2.45) is 0 Å². The molecule has 0 atom stereocenters. The molecule has 3 nitrogen and oxygen atoms in total. The topological polar surface area (TPSA) is 39.4 Å². The Hall–Kier alpha value is -2.03. The van der Waals surface area contributed by atoms with Crippen LogP contribution in [0.25, 0.3) is 17.0 Å². The minimum atomic E-state index is -0.246. The highest BCUT2D eigenvalue weighted by Gasteiger charge is 2.16. The van der Waals surface area contributed by atoms with E-state index in [0.29, 0.717) is 0 Å². The van der Waals surface area contributed by atoms with E-state index < -0.39 is 0 Å². The lowest BCUT2D eigenvalue weighted by atomic mass is 9.98. The highest BCUT2D eigenvalue weighted by atomic mass is 16.5. The first-order valence-electron chi connectivity index (χ1n) is 7.17. The molecule has 0 unspecified atom stereocenters. The molecule has 1 saturated carbocycles. The van der Waals surface area contributed by atoms with E-state index in [9.17, 15) is 4.79 Å². The number of rotatable bonds is 3. The summed E-state index contributed by atoms with van der Waals surface area (Å²) in [5.74, 6) is -0.246. The molecule has 1 aliphatic carbocycles. The van der Waals surface area contributed by atoms with Gasteiger partial charge in [-0.25, -0.2) is 4.79 Å². The first kappa shape index (κ1) is 13.0. The Morgan fingerprint density at radius 2 is 2.05 bits per heavy atom. The van der Waals surface area contributed by atoms with Gasteiger partial charge in [0.05, 0.1) is 6.26 Å². The molecule has 0 saturated heterocycles. The van der Waals surface area contributed by atoms with E-state index in [0.717, 1.165) is 29.4 Å². The monoisotopic (exact) mass is 270 g/mol. The number of ether oxygens (including phenoxy) is 1. The molecule has 1 aromatic heterocycles. The van der Waals surface area contributed by atoms with Gasteiger partial charge in [0.1, 0.15) is 11.7 Å². The van der Waals surface area contributed by atoms with Gasteiger partial charge in [-0.2, -0.15) is 0 Å². The number of benzene rings is 1. The molecule has 0 radical (unpaired) electrons. The molecule has 104 valence electrons. The van der Waals surface area contributed by atoms with Crippen LogP contribution in [-0.4, -0.2) is 12.1 Å². The van der Waals surface area contributed by atoms with E-state index in [1.54, 1.807) is 12.3 Å². The fourth-order valence-electron chi connectivity index (χ4n) is 2.64. The summed E-state index contributed by atoms with van der Waals surface area (Å²) < 4.78 is 10.7. The van der Waals surface area contributed by atoms with E-state index in [1.807, 2.05) is 24.3 Å². The largest absolute Gasteiger partial charge is 0.464 e. The van der Waals surface area contributed by atoms with Gasteiger partial charge in [0.2, 0.25) is 0 Å². The number of esters is 1. The third-order valence-corrected chi connectivity index (χ3v) is 3.72. The van der Waals surface area contributed by atoms with Crippen LogP contribution in [-0.2, 0) is 9.53 Å². The van der Waals surface area contributed by atoms with Crippen molar-refractivity contribution in [3.05, 3.63) is 42.2 Å². The summed E-state index contributed by atoms with van der Waals surface area (Å²) in [6.07, 6.45) is 10.7. The number of hydrogen-bond donors (Lipinski definition) is 0. The van der Waals surface area contributed by atoms with Crippen molar-refractivity contribution in [1.82, 2.24) is 0 Å². The van der Waals surface area contributed by atoms with Gasteiger partial charge in [-0.15, -0.1) is 0 Å². The highest BCUT2D eigenvalue weighted by molar-refractivity contribution is 5.88. The third-order valence-electron chi connectivity index (χ3n) is 3.72. The van der Waals surface area contributed by atoms with Gasteiger partial charge >= 0.3 is 5.97 Å². The summed E-state index contributed by atoms with van der Waals surface area (Å²) in [6, 6.07) is 7.73. The Morgan fingerprint density at radius 3 is 2.90 bits per heavy atom. The van der Waals surface area contributed by atoms with Crippen LogP contribution in [0, 0.1) is 0 Å². The SMILES string of the molecule is O=C(/C=C/c1ccc2occc2c1)OC1CCCCC1. The fraction of sp³-hybridized carbons (Fsp3) is 0.353. The quantitative estimate of drug-likeness (QED) is 0.616. The molecule has 0 amide bonds. The van der Waals surface area contributed by atoms with E-state index in [1.165, 1.54) is 25.3 Å². The van der Waals surface area contributed by atoms with Crippen LogP contribution < -0.4 is 0 Å². The molecule has 0 spiro atoms. The van der Waals surface area contributed by atoms with Crippen molar-refractivity contribution in [3.63, 3.8) is 0 Å². The molecule has 0 bridgehead atoms. The summed E-state index contributed by atoms with van der Waals surface area (Å²) in [4.78, 5) is 11.8. The summed E-state index contributed by atoms with van der Waals surface area (Å²) in [5.41, 5.74) is 1.83. The Bertz CT molecular complexity index is 618.